The Morgan fingerprint density at radius 3 is 2.82 bits per heavy atom. The lowest BCUT2D eigenvalue weighted by Crippen LogP contribution is -2.48. The van der Waals surface area contributed by atoms with Crippen LogP contribution >= 0.6 is 0 Å². The largest absolute Gasteiger partial charge is 0.619 e. The van der Waals surface area contributed by atoms with Crippen molar-refractivity contribution in [3.05, 3.63) is 40.7 Å². The molecule has 0 aliphatic heterocycles. The molecule has 2 aromatic rings. The molecular weight excluding hydrogens is 375 g/mol. The summed E-state index contributed by atoms with van der Waals surface area (Å²) in [5.74, 6) is -0.0759. The third kappa shape index (κ3) is 2.50. The second-order valence-corrected chi connectivity index (χ2v) is 7.93. The predicted octanol–water partition coefficient (Wildman–Crippen LogP) is 2.17. The molecule has 2 fully saturated rings. The first-order valence-electron chi connectivity index (χ1n) is 9.35. The number of nitrogens with one attached hydrogen (secondary N) is 1. The maximum atomic E-state index is 13.3. The third-order valence-electron chi connectivity index (χ3n) is 6.25. The van der Waals surface area contributed by atoms with Crippen LogP contribution < -0.4 is 10.0 Å². The highest BCUT2D eigenvalue weighted by molar-refractivity contribution is 5.95. The summed E-state index contributed by atoms with van der Waals surface area (Å²) in [5.41, 5.74) is -0.614. The Bertz CT molecular complexity index is 967. The summed E-state index contributed by atoms with van der Waals surface area (Å²) in [7, 11) is 0. The van der Waals surface area contributed by atoms with Gasteiger partial charge in [0.2, 0.25) is 12.0 Å². The fourth-order valence-corrected chi connectivity index (χ4v) is 4.67. The van der Waals surface area contributed by atoms with Crippen LogP contribution in [0.2, 0.25) is 0 Å². The van der Waals surface area contributed by atoms with Crippen molar-refractivity contribution in [2.75, 3.05) is 0 Å². The van der Waals surface area contributed by atoms with Gasteiger partial charge in [0.1, 0.15) is 5.54 Å². The van der Waals surface area contributed by atoms with E-state index in [1.807, 2.05) is 0 Å². The summed E-state index contributed by atoms with van der Waals surface area (Å²) in [6, 6.07) is 0. The van der Waals surface area contributed by atoms with Crippen molar-refractivity contribution in [2.45, 2.75) is 56.2 Å². The molecule has 0 saturated heterocycles. The van der Waals surface area contributed by atoms with Crippen LogP contribution in [0, 0.1) is 11.1 Å². The van der Waals surface area contributed by atoms with E-state index in [9.17, 15) is 23.2 Å². The number of amides is 1. The van der Waals surface area contributed by atoms with Crippen molar-refractivity contribution < 1.29 is 22.7 Å². The van der Waals surface area contributed by atoms with E-state index < -0.39 is 17.6 Å². The molecule has 10 heteroatoms. The summed E-state index contributed by atoms with van der Waals surface area (Å²) < 4.78 is 41.9. The van der Waals surface area contributed by atoms with Crippen LogP contribution in [0.5, 0.6) is 0 Å². The number of nitrogens with zero attached hydrogens (tertiary/aromatic N) is 4. The topological polar surface area (TPSA) is 86.8 Å². The molecule has 0 bridgehead atoms. The summed E-state index contributed by atoms with van der Waals surface area (Å²) in [4.78, 5) is 17.0. The maximum absolute atomic E-state index is 13.3. The quantitative estimate of drug-likeness (QED) is 0.640. The summed E-state index contributed by atoms with van der Waals surface area (Å²) >= 11 is 0. The van der Waals surface area contributed by atoms with Crippen molar-refractivity contribution in [1.29, 1.82) is 0 Å². The standard InChI is InChI=1S/C18H18F3N5O2/c19-18(20,21)17(4-5-17)23-16(27)15-14-11-3-1-2-10(11)8-12(14)26(24-15)13-9-25(28)7-6-22-13/h6-7,9-11H,1-5,8H2,(H,23,27). The van der Waals surface area contributed by atoms with Crippen molar-refractivity contribution in [3.8, 4) is 5.82 Å². The van der Waals surface area contributed by atoms with Crippen LogP contribution in [0.3, 0.4) is 0 Å². The third-order valence-corrected chi connectivity index (χ3v) is 6.25. The first kappa shape index (κ1) is 17.4. The normalized spacial score (nSPS) is 24.7. The monoisotopic (exact) mass is 393 g/mol. The molecule has 2 atom stereocenters. The highest BCUT2D eigenvalue weighted by atomic mass is 19.4. The number of halogens is 3. The van der Waals surface area contributed by atoms with Crippen molar-refractivity contribution >= 4 is 5.91 Å². The summed E-state index contributed by atoms with van der Waals surface area (Å²) in [5, 5.41) is 18.1. The molecule has 7 nitrogen and oxygen atoms in total. The van der Waals surface area contributed by atoms with E-state index in [-0.39, 0.29) is 30.3 Å². The molecule has 2 saturated carbocycles. The van der Waals surface area contributed by atoms with Gasteiger partial charge in [-0.25, -0.2) is 9.67 Å². The lowest BCUT2D eigenvalue weighted by atomic mass is 9.95. The van der Waals surface area contributed by atoms with E-state index in [1.54, 1.807) is 0 Å². The van der Waals surface area contributed by atoms with Gasteiger partial charge in [-0.3, -0.25) is 4.79 Å². The zero-order valence-electron chi connectivity index (χ0n) is 14.9. The number of aromatic nitrogens is 4. The Balaban J connectivity index is 1.57. The summed E-state index contributed by atoms with van der Waals surface area (Å²) in [6.07, 6.45) is 2.68. The molecule has 1 N–H and O–H groups in total. The van der Waals surface area contributed by atoms with Crippen molar-refractivity contribution in [2.24, 2.45) is 5.92 Å². The van der Waals surface area contributed by atoms with Crippen molar-refractivity contribution in [1.82, 2.24) is 20.1 Å². The number of alkyl halides is 3. The van der Waals surface area contributed by atoms with Gasteiger partial charge in [0.15, 0.2) is 11.9 Å². The molecule has 148 valence electrons. The smallest absolute Gasteiger partial charge is 0.411 e. The van der Waals surface area contributed by atoms with Gasteiger partial charge in [-0.05, 0) is 43.9 Å². The van der Waals surface area contributed by atoms with E-state index in [4.69, 9.17) is 0 Å². The molecule has 1 amide bonds. The molecule has 2 heterocycles. The molecule has 0 aromatic carbocycles. The molecule has 0 spiro atoms. The van der Waals surface area contributed by atoms with Gasteiger partial charge in [-0.1, -0.05) is 6.42 Å². The van der Waals surface area contributed by atoms with Crippen LogP contribution in [0.1, 0.15) is 59.8 Å². The highest BCUT2D eigenvalue weighted by Crippen LogP contribution is 2.51. The molecule has 2 unspecified atom stereocenters. The van der Waals surface area contributed by atoms with Gasteiger partial charge in [0.05, 0.1) is 11.9 Å². The van der Waals surface area contributed by atoms with Gasteiger partial charge in [0, 0.05) is 5.56 Å². The lowest BCUT2D eigenvalue weighted by molar-refractivity contribution is -0.605. The summed E-state index contributed by atoms with van der Waals surface area (Å²) in [6.45, 7) is 0. The van der Waals surface area contributed by atoms with Gasteiger partial charge >= 0.3 is 6.18 Å². The average molecular weight is 393 g/mol. The molecule has 28 heavy (non-hydrogen) atoms. The zero-order valence-corrected chi connectivity index (χ0v) is 14.9. The molecule has 0 radical (unpaired) electrons. The Labute approximate surface area is 158 Å². The van der Waals surface area contributed by atoms with Crippen LogP contribution in [-0.2, 0) is 6.42 Å². The van der Waals surface area contributed by atoms with Crippen LogP contribution in [0.4, 0.5) is 13.2 Å². The minimum Gasteiger partial charge on any atom is -0.619 e. The fourth-order valence-electron chi connectivity index (χ4n) is 4.67. The Hall–Kier alpha value is -2.65. The predicted molar refractivity (Wildman–Crippen MR) is 89.6 cm³/mol. The number of rotatable bonds is 3. The number of hydrogen-bond donors (Lipinski definition) is 1. The van der Waals surface area contributed by atoms with Crippen LogP contribution in [0.25, 0.3) is 5.82 Å². The molecular formula is C18H18F3N5O2. The molecule has 3 aliphatic carbocycles. The Morgan fingerprint density at radius 2 is 2.14 bits per heavy atom. The Kier molecular flexibility index (Phi) is 3.54. The fraction of sp³-hybridized carbons (Fsp3) is 0.556. The number of fused-ring (bicyclic) bond motifs is 3. The van der Waals surface area contributed by atoms with E-state index in [1.165, 1.54) is 23.3 Å². The molecule has 5 rings (SSSR count). The minimum absolute atomic E-state index is 0.0306. The lowest BCUT2D eigenvalue weighted by Gasteiger charge is -2.20. The number of carbonyl (C=O) groups excluding carboxylic acids is 1. The van der Waals surface area contributed by atoms with E-state index in [0.717, 1.165) is 30.5 Å². The van der Waals surface area contributed by atoms with Gasteiger partial charge in [0.25, 0.3) is 5.91 Å². The van der Waals surface area contributed by atoms with E-state index in [0.29, 0.717) is 17.1 Å². The second kappa shape index (κ2) is 5.68. The van der Waals surface area contributed by atoms with Crippen LogP contribution in [0.15, 0.2) is 18.6 Å². The van der Waals surface area contributed by atoms with E-state index in [2.05, 4.69) is 15.4 Å². The number of hydrogen-bond acceptors (Lipinski definition) is 4. The molecule has 2 aromatic heterocycles. The second-order valence-electron chi connectivity index (χ2n) is 7.93. The van der Waals surface area contributed by atoms with E-state index >= 15 is 0 Å². The van der Waals surface area contributed by atoms with Gasteiger partial charge in [-0.2, -0.15) is 23.0 Å². The molecule has 3 aliphatic rings. The first-order valence-corrected chi connectivity index (χ1v) is 9.35. The average Bonchev–Trinajstić information content (AvgIpc) is 2.98. The van der Waals surface area contributed by atoms with Crippen LogP contribution in [-0.4, -0.2) is 32.4 Å². The SMILES string of the molecule is O=C(NC1(C(F)(F)F)CC1)c1nn(-c2c[n+]([O-])ccn2)c2c1C1CCCC1C2. The van der Waals surface area contributed by atoms with Crippen molar-refractivity contribution in [3.63, 3.8) is 0 Å². The van der Waals surface area contributed by atoms with Gasteiger partial charge in [-0.15, -0.1) is 0 Å². The number of carbonyl (C=O) groups is 1. The van der Waals surface area contributed by atoms with Gasteiger partial charge < -0.3 is 10.5 Å². The minimum atomic E-state index is -4.49. The maximum Gasteiger partial charge on any atom is 0.411 e. The highest BCUT2D eigenvalue weighted by Gasteiger charge is 2.64. The zero-order chi connectivity index (χ0) is 19.7. The Morgan fingerprint density at radius 1 is 1.36 bits per heavy atom. The first-order chi connectivity index (χ1) is 13.3.